The number of benzene rings is 1. The zero-order chi connectivity index (χ0) is 18.0. The number of rotatable bonds is 4. The number of hydrogen-bond acceptors (Lipinski definition) is 5. The van der Waals surface area contributed by atoms with E-state index in [0.29, 0.717) is 27.1 Å². The molecule has 128 valence electrons. The number of carbonyl (C=O) groups is 1. The minimum atomic E-state index is -0.753. The van der Waals surface area contributed by atoms with Gasteiger partial charge >= 0.3 is 5.97 Å². The highest BCUT2D eigenvalue weighted by molar-refractivity contribution is 9.10. The van der Waals surface area contributed by atoms with Crippen LogP contribution in [0, 0.1) is 0 Å². The van der Waals surface area contributed by atoms with Crippen LogP contribution >= 0.6 is 27.5 Å². The van der Waals surface area contributed by atoms with Crippen LogP contribution in [0.1, 0.15) is 23.0 Å². The Labute approximate surface area is 156 Å². The lowest BCUT2D eigenvalue weighted by atomic mass is 10.2. The normalized spacial score (nSPS) is 10.8. The second-order valence-electron chi connectivity index (χ2n) is 5.18. The van der Waals surface area contributed by atoms with Crippen LogP contribution in [0.3, 0.4) is 0 Å². The predicted molar refractivity (Wildman–Crippen MR) is 98.0 cm³/mol. The molecule has 0 unspecified atom stereocenters. The highest BCUT2D eigenvalue weighted by Crippen LogP contribution is 2.22. The largest absolute Gasteiger partial charge is 0.461 e. The van der Waals surface area contributed by atoms with Crippen LogP contribution in [0.15, 0.2) is 45.9 Å². The third-order valence-corrected chi connectivity index (χ3v) is 4.29. The van der Waals surface area contributed by atoms with Gasteiger partial charge in [0.15, 0.2) is 0 Å². The van der Waals surface area contributed by atoms with Gasteiger partial charge in [0.2, 0.25) is 11.1 Å². The van der Waals surface area contributed by atoms with E-state index in [-0.39, 0.29) is 12.3 Å². The first kappa shape index (κ1) is 17.6. The Morgan fingerprint density at radius 2 is 2.12 bits per heavy atom. The van der Waals surface area contributed by atoms with Crippen molar-refractivity contribution in [2.24, 2.45) is 0 Å². The van der Waals surface area contributed by atoms with Gasteiger partial charge in [-0.1, -0.05) is 23.7 Å². The van der Waals surface area contributed by atoms with Crippen LogP contribution in [0.5, 0.6) is 0 Å². The summed E-state index contributed by atoms with van der Waals surface area (Å²) in [6.45, 7) is 2.12. The zero-order valence-electron chi connectivity index (χ0n) is 13.2. The highest BCUT2D eigenvalue weighted by atomic mass is 79.9. The number of carbonyl (C=O) groups excluding carboxylic acids is 1. The Balaban J connectivity index is 2.21. The SMILES string of the molecule is CCOC(=O)c1nn(Cc2ccc(Br)nc2)c2c(Cl)cccc2c1=O. The van der Waals surface area contributed by atoms with Crippen molar-refractivity contribution in [3.05, 3.63) is 67.6 Å². The fourth-order valence-corrected chi connectivity index (χ4v) is 2.93. The second kappa shape index (κ2) is 7.33. The number of halogens is 2. The van der Waals surface area contributed by atoms with Crippen LogP contribution in [0.2, 0.25) is 5.02 Å². The number of hydrogen-bond donors (Lipinski definition) is 0. The number of esters is 1. The molecule has 0 amide bonds. The molecule has 3 rings (SSSR count). The molecule has 8 heteroatoms. The van der Waals surface area contributed by atoms with Crippen LogP contribution in [-0.2, 0) is 11.3 Å². The number of nitrogens with zero attached hydrogens (tertiary/aromatic N) is 3. The van der Waals surface area contributed by atoms with Crippen molar-refractivity contribution in [1.29, 1.82) is 0 Å². The summed E-state index contributed by atoms with van der Waals surface area (Å²) in [5.41, 5.74) is 0.545. The van der Waals surface area contributed by atoms with E-state index in [1.54, 1.807) is 37.4 Å². The first-order valence-electron chi connectivity index (χ1n) is 7.48. The summed E-state index contributed by atoms with van der Waals surface area (Å²) >= 11 is 9.56. The molecule has 0 N–H and O–H groups in total. The van der Waals surface area contributed by atoms with E-state index >= 15 is 0 Å². The molecule has 0 radical (unpaired) electrons. The molecule has 3 aromatic rings. The lowest BCUT2D eigenvalue weighted by Crippen LogP contribution is -2.25. The van der Waals surface area contributed by atoms with Crippen LogP contribution in [-0.4, -0.2) is 27.3 Å². The summed E-state index contributed by atoms with van der Waals surface area (Å²) in [5.74, 6) is -0.753. The Hall–Kier alpha value is -2.25. The van der Waals surface area contributed by atoms with Gasteiger partial charge < -0.3 is 4.74 Å². The molecule has 0 atom stereocenters. The van der Waals surface area contributed by atoms with Crippen molar-refractivity contribution in [1.82, 2.24) is 14.8 Å². The van der Waals surface area contributed by atoms with Crippen LogP contribution < -0.4 is 5.43 Å². The molecule has 2 aromatic heterocycles. The molecule has 6 nitrogen and oxygen atoms in total. The Morgan fingerprint density at radius 1 is 1.32 bits per heavy atom. The van der Waals surface area contributed by atoms with Crippen molar-refractivity contribution in [2.45, 2.75) is 13.5 Å². The smallest absolute Gasteiger partial charge is 0.362 e. The summed E-state index contributed by atoms with van der Waals surface area (Å²) in [4.78, 5) is 28.9. The molecule has 0 aliphatic rings. The van der Waals surface area contributed by atoms with Crippen molar-refractivity contribution in [3.8, 4) is 0 Å². The van der Waals surface area contributed by atoms with Gasteiger partial charge in [0.1, 0.15) is 4.60 Å². The number of pyridine rings is 1. The summed E-state index contributed by atoms with van der Waals surface area (Å²) in [6.07, 6.45) is 1.68. The lowest BCUT2D eigenvalue weighted by Gasteiger charge is -2.13. The zero-order valence-corrected chi connectivity index (χ0v) is 15.5. The standard InChI is InChI=1S/C17H13BrClN3O3/c1-2-25-17(24)14-16(23)11-4-3-5-12(19)15(11)22(21-14)9-10-6-7-13(18)20-8-10/h3-8H,2,9H2,1H3. The summed E-state index contributed by atoms with van der Waals surface area (Å²) in [6, 6.07) is 8.61. The molecule has 25 heavy (non-hydrogen) atoms. The average Bonchev–Trinajstić information content (AvgIpc) is 2.59. The Morgan fingerprint density at radius 3 is 2.80 bits per heavy atom. The van der Waals surface area contributed by atoms with Gasteiger partial charge in [-0.2, -0.15) is 5.10 Å². The van der Waals surface area contributed by atoms with Crippen molar-refractivity contribution >= 4 is 44.4 Å². The number of fused-ring (bicyclic) bond motifs is 1. The maximum atomic E-state index is 12.6. The number of para-hydroxylation sites is 1. The van der Waals surface area contributed by atoms with E-state index < -0.39 is 11.4 Å². The van der Waals surface area contributed by atoms with Crippen LogP contribution in [0.4, 0.5) is 0 Å². The molecule has 2 heterocycles. The summed E-state index contributed by atoms with van der Waals surface area (Å²) in [5, 5.41) is 4.90. The molecule has 0 aliphatic heterocycles. The second-order valence-corrected chi connectivity index (χ2v) is 6.40. The number of aromatic nitrogens is 3. The Bertz CT molecular complexity index is 1000. The van der Waals surface area contributed by atoms with E-state index in [1.165, 1.54) is 4.68 Å². The van der Waals surface area contributed by atoms with Gasteiger partial charge in [0.25, 0.3) is 0 Å². The summed E-state index contributed by atoms with van der Waals surface area (Å²) < 4.78 is 7.17. The molecule has 0 saturated heterocycles. The third-order valence-electron chi connectivity index (χ3n) is 3.52. The lowest BCUT2D eigenvalue weighted by molar-refractivity contribution is 0.0515. The van der Waals surface area contributed by atoms with E-state index in [1.807, 2.05) is 6.07 Å². The van der Waals surface area contributed by atoms with Gasteiger partial charge in [0, 0.05) is 6.20 Å². The maximum absolute atomic E-state index is 12.6. The molecule has 0 bridgehead atoms. The average molecular weight is 423 g/mol. The van der Waals surface area contributed by atoms with E-state index in [2.05, 4.69) is 26.0 Å². The van der Waals surface area contributed by atoms with Gasteiger partial charge in [-0.25, -0.2) is 9.78 Å². The topological polar surface area (TPSA) is 74.1 Å². The van der Waals surface area contributed by atoms with Gasteiger partial charge in [-0.05, 0) is 46.6 Å². The molecular weight excluding hydrogens is 410 g/mol. The molecule has 0 spiro atoms. The van der Waals surface area contributed by atoms with Gasteiger partial charge in [0.05, 0.1) is 29.1 Å². The van der Waals surface area contributed by atoms with Crippen molar-refractivity contribution < 1.29 is 9.53 Å². The maximum Gasteiger partial charge on any atom is 0.362 e. The highest BCUT2D eigenvalue weighted by Gasteiger charge is 2.20. The fraction of sp³-hybridized carbons (Fsp3) is 0.176. The predicted octanol–water partition coefficient (Wildman–Crippen LogP) is 3.43. The first-order chi connectivity index (χ1) is 12.0. The monoisotopic (exact) mass is 421 g/mol. The molecule has 0 fully saturated rings. The minimum absolute atomic E-state index is 0.157. The van der Waals surface area contributed by atoms with Gasteiger partial charge in [-0.3, -0.25) is 9.48 Å². The Kier molecular flexibility index (Phi) is 5.15. The third kappa shape index (κ3) is 3.57. The van der Waals surface area contributed by atoms with Gasteiger partial charge in [-0.15, -0.1) is 0 Å². The van der Waals surface area contributed by atoms with E-state index in [0.717, 1.165) is 5.56 Å². The van der Waals surface area contributed by atoms with E-state index in [4.69, 9.17) is 16.3 Å². The van der Waals surface area contributed by atoms with Crippen molar-refractivity contribution in [2.75, 3.05) is 6.61 Å². The minimum Gasteiger partial charge on any atom is -0.461 e. The molecular formula is C17H13BrClN3O3. The quantitative estimate of drug-likeness (QED) is 0.476. The van der Waals surface area contributed by atoms with Crippen molar-refractivity contribution in [3.63, 3.8) is 0 Å². The number of ether oxygens (including phenoxy) is 1. The fourth-order valence-electron chi connectivity index (χ4n) is 2.42. The molecule has 0 saturated carbocycles. The van der Waals surface area contributed by atoms with Crippen LogP contribution in [0.25, 0.3) is 10.9 Å². The summed E-state index contributed by atoms with van der Waals surface area (Å²) in [7, 11) is 0. The first-order valence-corrected chi connectivity index (χ1v) is 8.65. The molecule has 0 aliphatic carbocycles. The molecule has 1 aromatic carbocycles. The van der Waals surface area contributed by atoms with E-state index in [9.17, 15) is 9.59 Å².